The van der Waals surface area contributed by atoms with Crippen molar-refractivity contribution < 1.29 is 19.4 Å². The zero-order chi connectivity index (χ0) is 15.9. The molecule has 0 saturated heterocycles. The third-order valence-electron chi connectivity index (χ3n) is 4.04. The smallest absolute Gasteiger partial charge is 0.306 e. The minimum atomic E-state index is -0.793. The third-order valence-corrected chi connectivity index (χ3v) is 4.04. The maximum Gasteiger partial charge on any atom is 0.306 e. The van der Waals surface area contributed by atoms with E-state index in [0.717, 1.165) is 18.6 Å². The number of carbonyl (C=O) groups excluding carboxylic acids is 1. The number of aliphatic carboxylic acids is 1. The van der Waals surface area contributed by atoms with Crippen molar-refractivity contribution in [3.05, 3.63) is 30.3 Å². The standard InChI is InChI=1S/C17H23NO4/c1-12(22-15-8-3-2-4-9-15)11-18-16(19)13-6-5-7-14(10-13)17(20)21/h2-4,8-9,12-14H,5-7,10-11H2,1H3,(H,18,19)(H,20,21). The number of carboxylic acids is 1. The second-order valence-corrected chi connectivity index (χ2v) is 5.89. The van der Waals surface area contributed by atoms with E-state index in [1.54, 1.807) is 0 Å². The number of ether oxygens (including phenoxy) is 1. The van der Waals surface area contributed by atoms with Crippen molar-refractivity contribution in [1.82, 2.24) is 5.32 Å². The van der Waals surface area contributed by atoms with Gasteiger partial charge in [-0.2, -0.15) is 0 Å². The number of benzene rings is 1. The molecule has 0 heterocycles. The molecule has 0 bridgehead atoms. The van der Waals surface area contributed by atoms with E-state index in [-0.39, 0.29) is 23.8 Å². The van der Waals surface area contributed by atoms with E-state index >= 15 is 0 Å². The molecule has 0 spiro atoms. The van der Waals surface area contributed by atoms with Gasteiger partial charge in [-0.1, -0.05) is 24.6 Å². The van der Waals surface area contributed by atoms with E-state index in [1.807, 2.05) is 37.3 Å². The van der Waals surface area contributed by atoms with E-state index < -0.39 is 5.97 Å². The third kappa shape index (κ3) is 4.76. The molecular formula is C17H23NO4. The summed E-state index contributed by atoms with van der Waals surface area (Å²) in [6, 6.07) is 9.46. The Hall–Kier alpha value is -2.04. The molecule has 1 aromatic carbocycles. The number of para-hydroxylation sites is 1. The molecule has 1 aromatic rings. The lowest BCUT2D eigenvalue weighted by atomic mass is 9.81. The van der Waals surface area contributed by atoms with E-state index in [0.29, 0.717) is 19.4 Å². The van der Waals surface area contributed by atoms with Gasteiger partial charge in [0, 0.05) is 5.92 Å². The fraction of sp³-hybridized carbons (Fsp3) is 0.529. The molecule has 1 saturated carbocycles. The van der Waals surface area contributed by atoms with Crippen LogP contribution in [-0.2, 0) is 9.59 Å². The highest BCUT2D eigenvalue weighted by atomic mass is 16.5. The molecule has 1 aliphatic carbocycles. The van der Waals surface area contributed by atoms with Crippen molar-refractivity contribution in [3.8, 4) is 5.75 Å². The first-order valence-corrected chi connectivity index (χ1v) is 7.78. The maximum absolute atomic E-state index is 12.2. The molecule has 120 valence electrons. The van der Waals surface area contributed by atoms with E-state index in [4.69, 9.17) is 9.84 Å². The van der Waals surface area contributed by atoms with Crippen LogP contribution in [0.3, 0.4) is 0 Å². The van der Waals surface area contributed by atoms with Crippen LogP contribution in [0, 0.1) is 11.8 Å². The Bertz CT molecular complexity index is 503. The Balaban J connectivity index is 1.76. The lowest BCUT2D eigenvalue weighted by Gasteiger charge is -2.26. The Morgan fingerprint density at radius 2 is 1.95 bits per heavy atom. The van der Waals surface area contributed by atoms with Gasteiger partial charge in [0.25, 0.3) is 0 Å². The van der Waals surface area contributed by atoms with E-state index in [2.05, 4.69) is 5.32 Å². The summed E-state index contributed by atoms with van der Waals surface area (Å²) in [5.41, 5.74) is 0. The van der Waals surface area contributed by atoms with Gasteiger partial charge in [-0.05, 0) is 38.3 Å². The zero-order valence-corrected chi connectivity index (χ0v) is 12.8. The van der Waals surface area contributed by atoms with Gasteiger partial charge in [-0.25, -0.2) is 0 Å². The first-order valence-electron chi connectivity index (χ1n) is 7.78. The van der Waals surface area contributed by atoms with Crippen LogP contribution in [0.1, 0.15) is 32.6 Å². The summed E-state index contributed by atoms with van der Waals surface area (Å²) in [5, 5.41) is 11.9. The van der Waals surface area contributed by atoms with Crippen LogP contribution in [0.4, 0.5) is 0 Å². The molecule has 0 aromatic heterocycles. The average molecular weight is 305 g/mol. The van der Waals surface area contributed by atoms with Crippen molar-refractivity contribution >= 4 is 11.9 Å². The molecule has 2 N–H and O–H groups in total. The molecule has 2 rings (SSSR count). The Morgan fingerprint density at radius 1 is 1.27 bits per heavy atom. The maximum atomic E-state index is 12.2. The number of nitrogens with one attached hydrogen (secondary N) is 1. The average Bonchev–Trinajstić information content (AvgIpc) is 2.53. The molecule has 5 nitrogen and oxygen atoms in total. The fourth-order valence-corrected chi connectivity index (χ4v) is 2.81. The van der Waals surface area contributed by atoms with Crippen molar-refractivity contribution in [2.45, 2.75) is 38.7 Å². The van der Waals surface area contributed by atoms with Crippen molar-refractivity contribution in [1.29, 1.82) is 0 Å². The Labute approximate surface area is 130 Å². The molecule has 0 aliphatic heterocycles. The topological polar surface area (TPSA) is 75.6 Å². The minimum Gasteiger partial charge on any atom is -0.489 e. The largest absolute Gasteiger partial charge is 0.489 e. The highest BCUT2D eigenvalue weighted by Gasteiger charge is 2.30. The molecule has 1 fully saturated rings. The molecule has 1 amide bonds. The fourth-order valence-electron chi connectivity index (χ4n) is 2.81. The molecule has 5 heteroatoms. The van der Waals surface area contributed by atoms with Crippen LogP contribution in [0.2, 0.25) is 0 Å². The van der Waals surface area contributed by atoms with Crippen LogP contribution < -0.4 is 10.1 Å². The number of carboxylic acid groups (broad SMARTS) is 1. The molecule has 1 aliphatic rings. The first-order chi connectivity index (χ1) is 10.6. The Kier molecular flexibility index (Phi) is 5.81. The number of carbonyl (C=O) groups is 2. The Morgan fingerprint density at radius 3 is 2.64 bits per heavy atom. The van der Waals surface area contributed by atoms with Crippen LogP contribution in [0.5, 0.6) is 5.75 Å². The molecule has 0 radical (unpaired) electrons. The normalized spacial score (nSPS) is 22.6. The summed E-state index contributed by atoms with van der Waals surface area (Å²) >= 11 is 0. The number of hydrogen-bond acceptors (Lipinski definition) is 3. The molecular weight excluding hydrogens is 282 g/mol. The molecule has 3 atom stereocenters. The van der Waals surface area contributed by atoms with E-state index in [1.165, 1.54) is 0 Å². The number of amides is 1. The van der Waals surface area contributed by atoms with Gasteiger partial charge < -0.3 is 15.2 Å². The molecule has 22 heavy (non-hydrogen) atoms. The SMILES string of the molecule is CC(CNC(=O)C1CCCC(C(=O)O)C1)Oc1ccccc1. The van der Waals surface area contributed by atoms with Crippen LogP contribution in [0.25, 0.3) is 0 Å². The quantitative estimate of drug-likeness (QED) is 0.846. The monoisotopic (exact) mass is 305 g/mol. The van der Waals surface area contributed by atoms with E-state index in [9.17, 15) is 9.59 Å². The zero-order valence-electron chi connectivity index (χ0n) is 12.8. The summed E-state index contributed by atoms with van der Waals surface area (Å²) in [6.07, 6.45) is 2.54. The minimum absolute atomic E-state index is 0.0607. The summed E-state index contributed by atoms with van der Waals surface area (Å²) in [4.78, 5) is 23.2. The van der Waals surface area contributed by atoms with Crippen LogP contribution in [0.15, 0.2) is 30.3 Å². The van der Waals surface area contributed by atoms with Crippen molar-refractivity contribution in [2.75, 3.05) is 6.54 Å². The van der Waals surface area contributed by atoms with Crippen molar-refractivity contribution in [3.63, 3.8) is 0 Å². The summed E-state index contributed by atoms with van der Waals surface area (Å²) in [7, 11) is 0. The van der Waals surface area contributed by atoms with Crippen molar-refractivity contribution in [2.24, 2.45) is 11.8 Å². The highest BCUT2D eigenvalue weighted by molar-refractivity contribution is 5.80. The van der Waals surface area contributed by atoms with Gasteiger partial charge in [0.15, 0.2) is 0 Å². The predicted molar refractivity (Wildman–Crippen MR) is 82.6 cm³/mol. The predicted octanol–water partition coefficient (Wildman–Crippen LogP) is 2.46. The lowest BCUT2D eigenvalue weighted by Crippen LogP contribution is -2.39. The summed E-state index contributed by atoms with van der Waals surface area (Å²) in [5.74, 6) is -0.665. The number of hydrogen-bond donors (Lipinski definition) is 2. The first kappa shape index (κ1) is 16.3. The van der Waals surface area contributed by atoms with Gasteiger partial charge in [0.1, 0.15) is 11.9 Å². The highest BCUT2D eigenvalue weighted by Crippen LogP contribution is 2.29. The summed E-state index contributed by atoms with van der Waals surface area (Å²) < 4.78 is 5.70. The van der Waals surface area contributed by atoms with Gasteiger partial charge in [-0.15, -0.1) is 0 Å². The second kappa shape index (κ2) is 7.82. The lowest BCUT2D eigenvalue weighted by molar-refractivity contribution is -0.144. The molecule has 3 unspecified atom stereocenters. The van der Waals surface area contributed by atoms with Gasteiger partial charge in [0.2, 0.25) is 5.91 Å². The van der Waals surface area contributed by atoms with Gasteiger partial charge in [0.05, 0.1) is 12.5 Å². The summed E-state index contributed by atoms with van der Waals surface area (Å²) in [6.45, 7) is 2.32. The van der Waals surface area contributed by atoms with Gasteiger partial charge >= 0.3 is 5.97 Å². The number of rotatable bonds is 6. The van der Waals surface area contributed by atoms with Gasteiger partial charge in [-0.3, -0.25) is 9.59 Å². The van der Waals surface area contributed by atoms with Crippen LogP contribution in [-0.4, -0.2) is 29.6 Å². The van der Waals surface area contributed by atoms with Crippen LogP contribution >= 0.6 is 0 Å². The second-order valence-electron chi connectivity index (χ2n) is 5.89.